The number of pyridine rings is 1. The van der Waals surface area contributed by atoms with Crippen LogP contribution in [0.15, 0.2) is 59.5 Å². The maximum Gasteiger partial charge on any atom is 0.239 e. The molecule has 0 radical (unpaired) electrons. The summed E-state index contributed by atoms with van der Waals surface area (Å²) < 4.78 is 53.3. The van der Waals surface area contributed by atoms with E-state index in [4.69, 9.17) is 18.9 Å². The molecule has 10 nitrogen and oxygen atoms in total. The van der Waals surface area contributed by atoms with E-state index >= 15 is 0 Å². The van der Waals surface area contributed by atoms with E-state index in [1.165, 1.54) is 37.4 Å². The Balaban J connectivity index is 1.72. The van der Waals surface area contributed by atoms with Gasteiger partial charge in [0, 0.05) is 30.1 Å². The van der Waals surface area contributed by atoms with Gasteiger partial charge < -0.3 is 18.9 Å². The van der Waals surface area contributed by atoms with Crippen molar-refractivity contribution in [3.05, 3.63) is 66.0 Å². The number of para-hydroxylation sites is 1. The summed E-state index contributed by atoms with van der Waals surface area (Å²) in [6, 6.07) is 15.0. The zero-order valence-corrected chi connectivity index (χ0v) is 23.6. The van der Waals surface area contributed by atoms with Crippen LogP contribution in [-0.2, 0) is 15.5 Å². The van der Waals surface area contributed by atoms with Crippen LogP contribution in [0.5, 0.6) is 17.4 Å². The van der Waals surface area contributed by atoms with Gasteiger partial charge in [0.15, 0.2) is 5.82 Å². The summed E-state index contributed by atoms with van der Waals surface area (Å²) in [7, 11) is 4.82. The molecule has 1 N–H and O–H groups in total. The lowest BCUT2D eigenvalue weighted by Crippen LogP contribution is -2.11. The van der Waals surface area contributed by atoms with Crippen LogP contribution in [-0.4, -0.2) is 64.4 Å². The van der Waals surface area contributed by atoms with Crippen LogP contribution in [0, 0.1) is 5.82 Å². The Morgan fingerprint density at radius 1 is 1.00 bits per heavy atom. The highest BCUT2D eigenvalue weighted by atomic mass is 32.2. The fourth-order valence-electron chi connectivity index (χ4n) is 3.92. The van der Waals surface area contributed by atoms with Gasteiger partial charge in [0.05, 0.1) is 38.2 Å². The smallest absolute Gasteiger partial charge is 0.239 e. The number of nitrogens with zero attached hydrogens (tertiary/aromatic N) is 4. The van der Waals surface area contributed by atoms with Crippen LogP contribution >= 0.6 is 11.9 Å². The third kappa shape index (κ3) is 6.15. The van der Waals surface area contributed by atoms with E-state index < -0.39 is 22.7 Å². The molecule has 0 bridgehead atoms. The van der Waals surface area contributed by atoms with Crippen molar-refractivity contribution in [2.24, 2.45) is 0 Å². The van der Waals surface area contributed by atoms with Gasteiger partial charge in [-0.15, -0.1) is 10.2 Å². The first kappa shape index (κ1) is 28.3. The van der Waals surface area contributed by atoms with Gasteiger partial charge in [-0.3, -0.25) is 13.5 Å². The van der Waals surface area contributed by atoms with Crippen molar-refractivity contribution in [2.45, 2.75) is 11.0 Å². The first-order valence-corrected chi connectivity index (χ1v) is 14.2. The summed E-state index contributed by atoms with van der Waals surface area (Å²) in [6.07, 6.45) is 1.03. The van der Waals surface area contributed by atoms with Crippen molar-refractivity contribution in [1.29, 1.82) is 0 Å². The van der Waals surface area contributed by atoms with Gasteiger partial charge in [-0.1, -0.05) is 18.2 Å². The average Bonchev–Trinajstić information content (AvgIpc) is 3.38. The lowest BCUT2D eigenvalue weighted by molar-refractivity contribution is 0.121. The van der Waals surface area contributed by atoms with Crippen molar-refractivity contribution < 1.29 is 27.5 Å². The zero-order valence-electron chi connectivity index (χ0n) is 22.0. The quantitative estimate of drug-likeness (QED) is 0.240. The van der Waals surface area contributed by atoms with Crippen molar-refractivity contribution >= 4 is 28.7 Å². The standard InChI is InChI=1S/C26H28FN5O5S2/c1-34-19-9-7-10-20(35-2)24(19)32-25(18-8-6-11-23(28-18)37-4)29-30-26(32)31-38-15-21(36-3)17-13-12-16(27)14-22(17)39(5)33/h6-14,21H,15H2,1-5H3,(H,30,31). The molecular formula is C26H28FN5O5S2. The highest BCUT2D eigenvalue weighted by Gasteiger charge is 2.24. The fourth-order valence-corrected chi connectivity index (χ4v) is 5.54. The number of rotatable bonds is 12. The van der Waals surface area contributed by atoms with Gasteiger partial charge in [-0.2, -0.15) is 0 Å². The third-order valence-corrected chi connectivity index (χ3v) is 7.53. The molecule has 2 aromatic carbocycles. The maximum atomic E-state index is 13.8. The van der Waals surface area contributed by atoms with Gasteiger partial charge in [0.1, 0.15) is 28.7 Å². The minimum atomic E-state index is -1.39. The predicted molar refractivity (Wildman–Crippen MR) is 149 cm³/mol. The largest absolute Gasteiger partial charge is 0.494 e. The molecule has 2 heterocycles. The Kier molecular flexibility index (Phi) is 9.38. The maximum absolute atomic E-state index is 13.8. The molecule has 0 spiro atoms. The molecule has 0 aliphatic rings. The van der Waals surface area contributed by atoms with E-state index in [9.17, 15) is 8.60 Å². The second-order valence-corrected chi connectivity index (χ2v) is 10.2. The number of nitrogens with one attached hydrogen (secondary N) is 1. The number of hydrogen-bond acceptors (Lipinski definition) is 10. The number of benzene rings is 2. The first-order valence-electron chi connectivity index (χ1n) is 11.6. The van der Waals surface area contributed by atoms with E-state index in [0.29, 0.717) is 56.7 Å². The molecule has 0 saturated carbocycles. The molecular weight excluding hydrogens is 545 g/mol. The summed E-state index contributed by atoms with van der Waals surface area (Å²) in [5.74, 6) is 2.20. The molecule has 2 unspecified atom stereocenters. The van der Waals surface area contributed by atoms with Gasteiger partial charge in [-0.05, 0) is 47.8 Å². The number of halogens is 1. The number of ether oxygens (including phenoxy) is 4. The number of anilines is 1. The molecule has 13 heteroatoms. The van der Waals surface area contributed by atoms with Crippen molar-refractivity contribution in [1.82, 2.24) is 19.7 Å². The van der Waals surface area contributed by atoms with Crippen molar-refractivity contribution in [2.75, 3.05) is 45.2 Å². The van der Waals surface area contributed by atoms with Crippen molar-refractivity contribution in [3.63, 3.8) is 0 Å². The lowest BCUT2D eigenvalue weighted by atomic mass is 10.1. The molecule has 4 aromatic rings. The minimum absolute atomic E-state index is 0.371. The van der Waals surface area contributed by atoms with Crippen LogP contribution in [0.25, 0.3) is 17.2 Å². The average molecular weight is 574 g/mol. The first-order chi connectivity index (χ1) is 18.9. The SMILES string of the molecule is COc1cccc(-c2nnc(NSCC(OC)c3ccc(F)cc3S(C)=O)n2-c2c(OC)cccc2OC)n1. The number of methoxy groups -OCH3 is 4. The number of aromatic nitrogens is 4. The molecule has 0 aliphatic heterocycles. The minimum Gasteiger partial charge on any atom is -0.494 e. The van der Waals surface area contributed by atoms with Gasteiger partial charge in [-0.25, -0.2) is 9.37 Å². The molecule has 206 valence electrons. The Morgan fingerprint density at radius 2 is 1.72 bits per heavy atom. The van der Waals surface area contributed by atoms with Gasteiger partial charge >= 0.3 is 0 Å². The van der Waals surface area contributed by atoms with Crippen molar-refractivity contribution in [3.8, 4) is 34.6 Å². The molecule has 2 aromatic heterocycles. The Labute approximate surface area is 232 Å². The predicted octanol–water partition coefficient (Wildman–Crippen LogP) is 4.68. The highest BCUT2D eigenvalue weighted by molar-refractivity contribution is 8.00. The molecule has 0 amide bonds. The van der Waals surface area contributed by atoms with E-state index in [2.05, 4.69) is 19.9 Å². The fraction of sp³-hybridized carbons (Fsp3) is 0.269. The summed E-state index contributed by atoms with van der Waals surface area (Å²) in [6.45, 7) is 0. The van der Waals surface area contributed by atoms with Crippen LogP contribution < -0.4 is 18.9 Å². The van der Waals surface area contributed by atoms with E-state index in [-0.39, 0.29) is 0 Å². The molecule has 2 atom stereocenters. The zero-order chi connectivity index (χ0) is 27.9. The Hall–Kier alpha value is -3.68. The Bertz CT molecular complexity index is 1450. The van der Waals surface area contributed by atoms with Gasteiger partial charge in [0.25, 0.3) is 0 Å². The summed E-state index contributed by atoms with van der Waals surface area (Å²) >= 11 is 1.29. The lowest BCUT2D eigenvalue weighted by Gasteiger charge is -2.19. The highest BCUT2D eigenvalue weighted by Crippen LogP contribution is 2.38. The van der Waals surface area contributed by atoms with Crippen LogP contribution in [0.4, 0.5) is 10.3 Å². The second kappa shape index (κ2) is 12.9. The van der Waals surface area contributed by atoms with E-state index in [1.54, 1.807) is 56.2 Å². The third-order valence-electron chi connectivity index (χ3n) is 5.77. The van der Waals surface area contributed by atoms with Gasteiger partial charge in [0.2, 0.25) is 11.8 Å². The molecule has 4 rings (SSSR count). The second-order valence-electron chi connectivity index (χ2n) is 8.03. The molecule has 0 fully saturated rings. The van der Waals surface area contributed by atoms with Crippen LogP contribution in [0.3, 0.4) is 0 Å². The summed E-state index contributed by atoms with van der Waals surface area (Å²) in [5, 5.41) is 8.79. The molecule has 0 saturated heterocycles. The van der Waals surface area contributed by atoms with Crippen LogP contribution in [0.2, 0.25) is 0 Å². The molecule has 39 heavy (non-hydrogen) atoms. The monoisotopic (exact) mass is 573 g/mol. The Morgan fingerprint density at radius 3 is 2.36 bits per heavy atom. The molecule has 0 aliphatic carbocycles. The summed E-state index contributed by atoms with van der Waals surface area (Å²) in [4.78, 5) is 4.91. The van der Waals surface area contributed by atoms with E-state index in [0.717, 1.165) is 0 Å². The van der Waals surface area contributed by atoms with Crippen LogP contribution in [0.1, 0.15) is 11.7 Å². The summed E-state index contributed by atoms with van der Waals surface area (Å²) in [5.41, 5.74) is 1.73. The van der Waals surface area contributed by atoms with E-state index in [1.807, 2.05) is 12.1 Å². The topological polar surface area (TPSA) is 110 Å². The normalized spacial score (nSPS) is 12.6. The number of hydrogen-bond donors (Lipinski definition) is 1.